The average Bonchev–Trinajstić information content (AvgIpc) is 3.12. The van der Waals surface area contributed by atoms with Crippen LogP contribution in [0.15, 0.2) is 53.4 Å². The zero-order valence-electron chi connectivity index (χ0n) is 18.9. The fourth-order valence-electron chi connectivity index (χ4n) is 3.71. The number of hydrogen-bond donors (Lipinski definition) is 1. The van der Waals surface area contributed by atoms with E-state index in [4.69, 9.17) is 4.74 Å². The lowest BCUT2D eigenvalue weighted by atomic mass is 10.1. The van der Waals surface area contributed by atoms with Gasteiger partial charge in [0.2, 0.25) is 5.91 Å². The number of nitrogens with zero attached hydrogens (tertiary/aromatic N) is 2. The number of thioether (sulfide) groups is 1. The smallest absolute Gasteiger partial charge is 0.294 e. The van der Waals surface area contributed by atoms with Gasteiger partial charge in [-0.25, -0.2) is 4.39 Å². The van der Waals surface area contributed by atoms with Crippen LogP contribution in [0.25, 0.3) is 6.08 Å². The normalized spacial score (nSPS) is 17.1. The van der Waals surface area contributed by atoms with Crippen molar-refractivity contribution in [1.29, 1.82) is 0 Å². The number of imide groups is 1. The highest BCUT2D eigenvalue weighted by Gasteiger charge is 2.37. The minimum absolute atomic E-state index is 0.210. The standard InChI is InChI=1S/C25H24FN3O5S/c26-18-6-8-19(9-7-18)27-22(30)16-34-20-10-4-17(5-11-20)14-21-24(32)29(25(33)35-21)15-23(31)28-12-2-1-3-13-28/h4-11,14H,1-3,12-13,15-16H2,(H,27,30)/b21-14-. The third kappa shape index (κ3) is 6.48. The van der Waals surface area contributed by atoms with E-state index in [0.717, 1.165) is 35.9 Å². The van der Waals surface area contributed by atoms with Crippen molar-refractivity contribution in [1.82, 2.24) is 9.80 Å². The summed E-state index contributed by atoms with van der Waals surface area (Å²) >= 11 is 0.806. The van der Waals surface area contributed by atoms with Crippen LogP contribution in [0.5, 0.6) is 5.75 Å². The second-order valence-electron chi connectivity index (χ2n) is 8.12. The van der Waals surface area contributed by atoms with Crippen molar-refractivity contribution in [3.8, 4) is 5.75 Å². The van der Waals surface area contributed by atoms with E-state index in [2.05, 4.69) is 5.32 Å². The first-order valence-electron chi connectivity index (χ1n) is 11.2. The molecule has 2 fully saturated rings. The van der Waals surface area contributed by atoms with Crippen LogP contribution in [0.1, 0.15) is 24.8 Å². The Labute approximate surface area is 206 Å². The lowest BCUT2D eigenvalue weighted by Gasteiger charge is -2.27. The SMILES string of the molecule is O=C(COc1ccc(/C=C2\SC(=O)N(CC(=O)N3CCCCC3)C2=O)cc1)Nc1ccc(F)cc1. The van der Waals surface area contributed by atoms with Crippen LogP contribution in [-0.4, -0.2) is 59.0 Å². The maximum absolute atomic E-state index is 12.9. The van der Waals surface area contributed by atoms with Gasteiger partial charge in [-0.1, -0.05) is 12.1 Å². The molecule has 4 amide bonds. The van der Waals surface area contributed by atoms with Crippen LogP contribution < -0.4 is 10.1 Å². The van der Waals surface area contributed by atoms with Crippen molar-refractivity contribution in [2.24, 2.45) is 0 Å². The first-order chi connectivity index (χ1) is 16.9. The van der Waals surface area contributed by atoms with Gasteiger partial charge in [0, 0.05) is 18.8 Å². The molecule has 0 saturated carbocycles. The maximum Gasteiger partial charge on any atom is 0.294 e. The number of benzene rings is 2. The van der Waals surface area contributed by atoms with E-state index in [1.807, 2.05) is 0 Å². The highest BCUT2D eigenvalue weighted by Crippen LogP contribution is 2.32. The van der Waals surface area contributed by atoms with Gasteiger partial charge in [-0.3, -0.25) is 24.1 Å². The van der Waals surface area contributed by atoms with Crippen LogP contribution in [0.4, 0.5) is 14.9 Å². The van der Waals surface area contributed by atoms with Gasteiger partial charge in [0.1, 0.15) is 18.1 Å². The predicted octanol–water partition coefficient (Wildman–Crippen LogP) is 3.89. The second kappa shape index (κ2) is 11.2. The maximum atomic E-state index is 12.9. The number of halogens is 1. The molecule has 2 aliphatic heterocycles. The van der Waals surface area contributed by atoms with Crippen molar-refractivity contribution in [3.05, 3.63) is 64.8 Å². The van der Waals surface area contributed by atoms with E-state index in [0.29, 0.717) is 30.1 Å². The van der Waals surface area contributed by atoms with Crippen LogP contribution in [0, 0.1) is 5.82 Å². The van der Waals surface area contributed by atoms with Gasteiger partial charge in [0.05, 0.1) is 4.91 Å². The monoisotopic (exact) mass is 497 g/mol. The van der Waals surface area contributed by atoms with Crippen LogP contribution in [0.3, 0.4) is 0 Å². The molecule has 8 nitrogen and oxygen atoms in total. The van der Waals surface area contributed by atoms with Gasteiger partial charge in [0.15, 0.2) is 6.61 Å². The van der Waals surface area contributed by atoms with Gasteiger partial charge < -0.3 is 15.0 Å². The van der Waals surface area contributed by atoms with E-state index < -0.39 is 22.9 Å². The number of carbonyl (C=O) groups is 4. The number of piperidine rings is 1. The van der Waals surface area contributed by atoms with Crippen molar-refractivity contribution < 1.29 is 28.3 Å². The summed E-state index contributed by atoms with van der Waals surface area (Å²) in [6, 6.07) is 12.1. The summed E-state index contributed by atoms with van der Waals surface area (Å²) in [7, 11) is 0. The van der Waals surface area contributed by atoms with E-state index in [9.17, 15) is 23.6 Å². The minimum Gasteiger partial charge on any atom is -0.484 e. The molecule has 2 heterocycles. The fourth-order valence-corrected chi connectivity index (χ4v) is 4.54. The molecule has 0 aromatic heterocycles. The minimum atomic E-state index is -0.483. The summed E-state index contributed by atoms with van der Waals surface area (Å²) in [5, 5.41) is 2.14. The molecule has 35 heavy (non-hydrogen) atoms. The van der Waals surface area contributed by atoms with Crippen molar-refractivity contribution >= 4 is 46.5 Å². The van der Waals surface area contributed by atoms with Gasteiger partial charge in [-0.15, -0.1) is 0 Å². The van der Waals surface area contributed by atoms with Crippen molar-refractivity contribution in [2.45, 2.75) is 19.3 Å². The largest absolute Gasteiger partial charge is 0.484 e. The van der Waals surface area contributed by atoms with Gasteiger partial charge in [0.25, 0.3) is 17.1 Å². The summed E-state index contributed by atoms with van der Waals surface area (Å²) in [4.78, 5) is 52.4. The fraction of sp³-hybridized carbons (Fsp3) is 0.280. The number of carbonyl (C=O) groups excluding carboxylic acids is 4. The molecule has 0 aliphatic carbocycles. The number of anilines is 1. The molecular formula is C25H24FN3O5S. The first kappa shape index (κ1) is 24.5. The average molecular weight is 498 g/mol. The zero-order valence-corrected chi connectivity index (χ0v) is 19.7. The number of amides is 4. The molecule has 2 aromatic carbocycles. The molecule has 182 valence electrons. The predicted molar refractivity (Wildman–Crippen MR) is 130 cm³/mol. The van der Waals surface area contributed by atoms with E-state index >= 15 is 0 Å². The Morgan fingerprint density at radius 2 is 1.69 bits per heavy atom. The molecule has 0 unspecified atom stereocenters. The Morgan fingerprint density at radius 3 is 2.37 bits per heavy atom. The molecule has 10 heteroatoms. The summed E-state index contributed by atoms with van der Waals surface area (Å²) in [5.41, 5.74) is 1.13. The van der Waals surface area contributed by atoms with Gasteiger partial charge in [-0.05, 0) is 79.1 Å². The van der Waals surface area contributed by atoms with Crippen LogP contribution >= 0.6 is 11.8 Å². The molecule has 0 radical (unpaired) electrons. The number of hydrogen-bond acceptors (Lipinski definition) is 6. The summed E-state index contributed by atoms with van der Waals surface area (Å²) in [6.07, 6.45) is 4.54. The molecule has 2 aromatic rings. The first-order valence-corrected chi connectivity index (χ1v) is 12.0. The summed E-state index contributed by atoms with van der Waals surface area (Å²) < 4.78 is 18.4. The third-order valence-electron chi connectivity index (χ3n) is 5.55. The van der Waals surface area contributed by atoms with Crippen molar-refractivity contribution in [2.75, 3.05) is 31.6 Å². The summed E-state index contributed by atoms with van der Waals surface area (Å²) in [6.45, 7) is 0.843. The Kier molecular flexibility index (Phi) is 7.81. The zero-order chi connectivity index (χ0) is 24.8. The third-order valence-corrected chi connectivity index (χ3v) is 6.46. The number of ether oxygens (including phenoxy) is 1. The van der Waals surface area contributed by atoms with Crippen LogP contribution in [-0.2, 0) is 14.4 Å². The molecule has 2 aliphatic rings. The summed E-state index contributed by atoms with van der Waals surface area (Å²) in [5.74, 6) is -1.04. The van der Waals surface area contributed by atoms with E-state index in [1.165, 1.54) is 24.3 Å². The molecule has 2 saturated heterocycles. The Morgan fingerprint density at radius 1 is 1.00 bits per heavy atom. The highest BCUT2D eigenvalue weighted by atomic mass is 32.2. The highest BCUT2D eigenvalue weighted by molar-refractivity contribution is 8.18. The van der Waals surface area contributed by atoms with Crippen LogP contribution in [0.2, 0.25) is 0 Å². The Balaban J connectivity index is 1.30. The second-order valence-corrected chi connectivity index (χ2v) is 9.12. The number of likely N-dealkylation sites (tertiary alicyclic amines) is 1. The van der Waals surface area contributed by atoms with E-state index in [1.54, 1.807) is 35.2 Å². The van der Waals surface area contributed by atoms with Gasteiger partial charge in [-0.2, -0.15) is 0 Å². The molecule has 1 N–H and O–H groups in total. The topological polar surface area (TPSA) is 96.0 Å². The number of rotatable bonds is 7. The number of nitrogens with one attached hydrogen (secondary N) is 1. The quantitative estimate of drug-likeness (QED) is 0.583. The Bertz CT molecular complexity index is 1140. The lowest BCUT2D eigenvalue weighted by molar-refractivity contribution is -0.136. The van der Waals surface area contributed by atoms with E-state index in [-0.39, 0.29) is 24.0 Å². The Hall–Kier alpha value is -3.66. The van der Waals surface area contributed by atoms with Crippen molar-refractivity contribution in [3.63, 3.8) is 0 Å². The molecule has 0 atom stereocenters. The molecular weight excluding hydrogens is 473 g/mol. The molecule has 0 spiro atoms. The molecule has 0 bridgehead atoms. The molecule has 4 rings (SSSR count). The van der Waals surface area contributed by atoms with Gasteiger partial charge >= 0.3 is 0 Å². The lowest BCUT2D eigenvalue weighted by Crippen LogP contribution is -2.44.